The number of hydrogen-bond acceptors (Lipinski definition) is 2. The van der Waals surface area contributed by atoms with E-state index in [0.717, 1.165) is 13.0 Å². The normalized spacial score (nSPS) is 9.70. The van der Waals surface area contributed by atoms with Gasteiger partial charge in [-0.25, -0.2) is 4.57 Å². The zero-order chi connectivity index (χ0) is 7.23. The molecule has 3 heteroatoms. The molecule has 0 aliphatic rings. The van der Waals surface area contributed by atoms with Gasteiger partial charge in [0.1, 0.15) is 0 Å². The Hall–Kier alpha value is -0.960. The molecule has 0 spiro atoms. The van der Waals surface area contributed by atoms with Crippen LogP contribution in [0.3, 0.4) is 0 Å². The van der Waals surface area contributed by atoms with Crippen LogP contribution in [0.15, 0.2) is 24.8 Å². The zero-order valence-corrected chi connectivity index (χ0v) is 5.77. The number of nitrogens with zero attached hydrogens (tertiary/aromatic N) is 2. The van der Waals surface area contributed by atoms with E-state index in [2.05, 4.69) is 4.98 Å². The molecule has 54 valence electrons. The van der Waals surface area contributed by atoms with Crippen LogP contribution in [0.25, 0.3) is 0 Å². The van der Waals surface area contributed by atoms with Gasteiger partial charge in [-0.2, -0.15) is 0 Å². The molecule has 0 aromatic carbocycles. The summed E-state index contributed by atoms with van der Waals surface area (Å²) in [7, 11) is 0. The van der Waals surface area contributed by atoms with E-state index in [1.807, 2.05) is 17.0 Å². The molecule has 0 fully saturated rings. The van der Waals surface area contributed by atoms with Gasteiger partial charge in [-0.3, -0.25) is 4.98 Å². The molecule has 3 nitrogen and oxygen atoms in total. The van der Waals surface area contributed by atoms with Crippen molar-refractivity contribution >= 4 is 0 Å². The first kappa shape index (κ1) is 7.15. The van der Waals surface area contributed by atoms with Crippen molar-refractivity contribution in [2.75, 3.05) is 6.61 Å². The summed E-state index contributed by atoms with van der Waals surface area (Å²) < 4.78 is 1.99. The Balaban J connectivity index is 2.43. The van der Waals surface area contributed by atoms with E-state index in [9.17, 15) is 0 Å². The van der Waals surface area contributed by atoms with E-state index in [1.54, 1.807) is 12.4 Å². The molecule has 0 unspecified atom stereocenters. The van der Waals surface area contributed by atoms with E-state index < -0.39 is 0 Å². The second kappa shape index (κ2) is 3.95. The number of aryl methyl sites for hydroxylation is 1. The largest absolute Gasteiger partial charge is 0.396 e. The van der Waals surface area contributed by atoms with E-state index >= 15 is 0 Å². The van der Waals surface area contributed by atoms with Crippen molar-refractivity contribution in [1.29, 1.82) is 0 Å². The third kappa shape index (κ3) is 2.11. The van der Waals surface area contributed by atoms with Crippen molar-refractivity contribution in [2.24, 2.45) is 0 Å². The van der Waals surface area contributed by atoms with Crippen LogP contribution >= 0.6 is 0 Å². The molecule has 0 bridgehead atoms. The molecule has 0 aliphatic heterocycles. The second-order valence-electron chi connectivity index (χ2n) is 2.06. The summed E-state index contributed by atoms with van der Waals surface area (Å²) in [6, 6.07) is 0. The van der Waals surface area contributed by atoms with Crippen LogP contribution in [0.5, 0.6) is 0 Å². The number of aromatic nitrogens is 2. The highest BCUT2D eigenvalue weighted by Crippen LogP contribution is 1.76. The van der Waals surface area contributed by atoms with E-state index in [1.165, 1.54) is 0 Å². The lowest BCUT2D eigenvalue weighted by Crippen LogP contribution is -2.32. The highest BCUT2D eigenvalue weighted by Gasteiger charge is 1.94. The van der Waals surface area contributed by atoms with Crippen LogP contribution in [0.1, 0.15) is 6.42 Å². The average molecular weight is 139 g/mol. The van der Waals surface area contributed by atoms with E-state index in [0.29, 0.717) is 0 Å². The lowest BCUT2D eigenvalue weighted by molar-refractivity contribution is -0.698. The Labute approximate surface area is 60.0 Å². The maximum atomic E-state index is 8.50. The Morgan fingerprint density at radius 1 is 1.30 bits per heavy atom. The quantitative estimate of drug-likeness (QED) is 0.586. The molecule has 1 heterocycles. The lowest BCUT2D eigenvalue weighted by Gasteiger charge is -1.91. The summed E-state index contributed by atoms with van der Waals surface area (Å²) in [5.74, 6) is 0. The maximum Gasteiger partial charge on any atom is 0.187 e. The molecule has 0 saturated carbocycles. The van der Waals surface area contributed by atoms with Crippen LogP contribution in [0, 0.1) is 0 Å². The molecule has 0 saturated heterocycles. The summed E-state index contributed by atoms with van der Waals surface area (Å²) in [6.07, 6.45) is 8.04. The molecular formula is C7H11N2O+. The van der Waals surface area contributed by atoms with Gasteiger partial charge in [0.2, 0.25) is 0 Å². The fraction of sp³-hybridized carbons (Fsp3) is 0.429. The summed E-state index contributed by atoms with van der Waals surface area (Å²) in [5.41, 5.74) is 0. The van der Waals surface area contributed by atoms with Crippen LogP contribution < -0.4 is 4.57 Å². The fourth-order valence-electron chi connectivity index (χ4n) is 0.750. The summed E-state index contributed by atoms with van der Waals surface area (Å²) >= 11 is 0. The van der Waals surface area contributed by atoms with Crippen LogP contribution in [0.2, 0.25) is 0 Å². The third-order valence-electron chi connectivity index (χ3n) is 1.26. The predicted molar refractivity (Wildman–Crippen MR) is 36.1 cm³/mol. The average Bonchev–Trinajstić information content (AvgIpc) is 2.03. The molecule has 1 aromatic heterocycles. The number of hydrogen-bond donors (Lipinski definition) is 1. The van der Waals surface area contributed by atoms with Crippen LogP contribution in [-0.4, -0.2) is 16.7 Å². The summed E-state index contributed by atoms with van der Waals surface area (Å²) in [5, 5.41) is 8.50. The third-order valence-corrected chi connectivity index (χ3v) is 1.26. The van der Waals surface area contributed by atoms with Gasteiger partial charge in [-0.1, -0.05) is 0 Å². The van der Waals surface area contributed by atoms with Gasteiger partial charge in [0.25, 0.3) is 0 Å². The van der Waals surface area contributed by atoms with Crippen molar-refractivity contribution in [3.63, 3.8) is 0 Å². The molecule has 0 amide bonds. The maximum absolute atomic E-state index is 8.50. The molecule has 1 rings (SSSR count). The standard InChI is InChI=1S/C7H11N2O/c10-7-1-4-9-5-2-8-3-6-9/h2-3,5-6,10H,1,4,7H2/q+1. The highest BCUT2D eigenvalue weighted by molar-refractivity contribution is 4.62. The van der Waals surface area contributed by atoms with Gasteiger partial charge in [-0.15, -0.1) is 0 Å². The predicted octanol–water partition coefficient (Wildman–Crippen LogP) is -0.249. The number of aliphatic hydroxyl groups excluding tert-OH is 1. The zero-order valence-electron chi connectivity index (χ0n) is 5.77. The topological polar surface area (TPSA) is 37.0 Å². The SMILES string of the molecule is OCCC[n+]1ccncc1. The van der Waals surface area contributed by atoms with Crippen LogP contribution in [-0.2, 0) is 6.54 Å². The summed E-state index contributed by atoms with van der Waals surface area (Å²) in [4.78, 5) is 3.87. The highest BCUT2D eigenvalue weighted by atomic mass is 16.3. The minimum atomic E-state index is 0.245. The fourth-order valence-corrected chi connectivity index (χ4v) is 0.750. The monoisotopic (exact) mass is 139 g/mol. The van der Waals surface area contributed by atoms with Gasteiger partial charge in [-0.05, 0) is 0 Å². The van der Waals surface area contributed by atoms with Gasteiger partial charge >= 0.3 is 0 Å². The van der Waals surface area contributed by atoms with Gasteiger partial charge in [0.05, 0.1) is 12.4 Å². The van der Waals surface area contributed by atoms with E-state index in [-0.39, 0.29) is 6.61 Å². The van der Waals surface area contributed by atoms with Gasteiger partial charge < -0.3 is 5.11 Å². The first-order valence-electron chi connectivity index (χ1n) is 3.33. The Morgan fingerprint density at radius 2 is 2.00 bits per heavy atom. The smallest absolute Gasteiger partial charge is 0.187 e. The van der Waals surface area contributed by atoms with Crippen molar-refractivity contribution < 1.29 is 9.67 Å². The Bertz CT molecular complexity index is 176. The summed E-state index contributed by atoms with van der Waals surface area (Å²) in [6.45, 7) is 1.11. The van der Waals surface area contributed by atoms with Crippen molar-refractivity contribution in [3.05, 3.63) is 24.8 Å². The molecule has 0 aliphatic carbocycles. The second-order valence-corrected chi connectivity index (χ2v) is 2.06. The molecule has 1 N–H and O–H groups in total. The Morgan fingerprint density at radius 3 is 2.60 bits per heavy atom. The Kier molecular flexibility index (Phi) is 2.83. The van der Waals surface area contributed by atoms with Crippen molar-refractivity contribution in [3.8, 4) is 0 Å². The minimum Gasteiger partial charge on any atom is -0.396 e. The molecule has 1 aromatic rings. The lowest BCUT2D eigenvalue weighted by atomic mass is 10.4. The van der Waals surface area contributed by atoms with Gasteiger partial charge in [0, 0.05) is 13.0 Å². The van der Waals surface area contributed by atoms with Crippen molar-refractivity contribution in [1.82, 2.24) is 4.98 Å². The van der Waals surface area contributed by atoms with Gasteiger partial charge in [0.15, 0.2) is 18.9 Å². The van der Waals surface area contributed by atoms with Crippen LogP contribution in [0.4, 0.5) is 0 Å². The molecule has 0 radical (unpaired) electrons. The van der Waals surface area contributed by atoms with E-state index in [4.69, 9.17) is 5.11 Å². The first-order chi connectivity index (χ1) is 4.93. The first-order valence-corrected chi connectivity index (χ1v) is 3.33. The number of rotatable bonds is 3. The number of aliphatic hydroxyl groups is 1. The molecule has 0 atom stereocenters. The molecule has 10 heavy (non-hydrogen) atoms. The molecular weight excluding hydrogens is 128 g/mol. The van der Waals surface area contributed by atoms with Crippen molar-refractivity contribution in [2.45, 2.75) is 13.0 Å². The minimum absolute atomic E-state index is 0.245.